The molecule has 1 aromatic rings. The number of hydrogen-bond acceptors (Lipinski definition) is 4. The fraction of sp³-hybridized carbons (Fsp3) is 0.750. The summed E-state index contributed by atoms with van der Waals surface area (Å²) in [7, 11) is 0. The van der Waals surface area contributed by atoms with Crippen molar-refractivity contribution in [3.8, 4) is 6.01 Å². The Hall–Kier alpha value is -1.17. The van der Waals surface area contributed by atoms with Crippen LogP contribution in [-0.2, 0) is 17.8 Å². The first kappa shape index (κ1) is 17.2. The molecule has 22 heavy (non-hydrogen) atoms. The lowest BCUT2D eigenvalue weighted by Gasteiger charge is -2.15. The van der Waals surface area contributed by atoms with Crippen LogP contribution >= 0.6 is 12.6 Å². The number of H-pyrrole nitrogens is 1. The second kappa shape index (κ2) is 8.46. The van der Waals surface area contributed by atoms with Gasteiger partial charge >= 0.3 is 0 Å². The Morgan fingerprint density at radius 3 is 2.82 bits per heavy atom. The van der Waals surface area contributed by atoms with Gasteiger partial charge in [0, 0.05) is 0 Å². The van der Waals surface area contributed by atoms with Gasteiger partial charge < -0.3 is 15.0 Å². The van der Waals surface area contributed by atoms with E-state index in [2.05, 4.69) is 27.9 Å². The van der Waals surface area contributed by atoms with Crippen molar-refractivity contribution >= 4 is 18.5 Å². The molecule has 2 rings (SSSR count). The first-order valence-electron chi connectivity index (χ1n) is 8.30. The van der Waals surface area contributed by atoms with Gasteiger partial charge in [-0.25, -0.2) is 4.98 Å². The van der Waals surface area contributed by atoms with Crippen LogP contribution in [0.2, 0.25) is 0 Å². The maximum Gasteiger partial charge on any atom is 0.294 e. The molecule has 0 saturated heterocycles. The third-order valence-corrected chi connectivity index (χ3v) is 4.68. The topological polar surface area (TPSA) is 67.0 Å². The number of carbonyl (C=O) groups is 1. The Balaban J connectivity index is 1.84. The summed E-state index contributed by atoms with van der Waals surface area (Å²) in [5.41, 5.74) is 1.86. The number of imidazole rings is 1. The van der Waals surface area contributed by atoms with Gasteiger partial charge in [0.05, 0.1) is 29.8 Å². The second-order valence-corrected chi connectivity index (χ2v) is 6.50. The lowest BCUT2D eigenvalue weighted by molar-refractivity contribution is -0.121. The van der Waals surface area contributed by atoms with Crippen molar-refractivity contribution in [2.75, 3.05) is 6.61 Å². The summed E-state index contributed by atoms with van der Waals surface area (Å²) in [6.45, 7) is 4.98. The predicted molar refractivity (Wildman–Crippen MR) is 90.3 cm³/mol. The summed E-state index contributed by atoms with van der Waals surface area (Å²) in [5, 5.41) is 2.74. The third kappa shape index (κ3) is 4.66. The lowest BCUT2D eigenvalue weighted by Crippen LogP contribution is -2.32. The highest BCUT2D eigenvalue weighted by molar-refractivity contribution is 7.81. The highest BCUT2D eigenvalue weighted by atomic mass is 32.1. The first-order chi connectivity index (χ1) is 10.6. The highest BCUT2D eigenvalue weighted by Gasteiger charge is 2.22. The van der Waals surface area contributed by atoms with E-state index >= 15 is 0 Å². The molecule has 5 nitrogen and oxygen atoms in total. The molecule has 0 radical (unpaired) electrons. The van der Waals surface area contributed by atoms with Gasteiger partial charge in [-0.1, -0.05) is 32.6 Å². The monoisotopic (exact) mass is 325 g/mol. The minimum Gasteiger partial charge on any atom is -0.465 e. The lowest BCUT2D eigenvalue weighted by atomic mass is 10.0. The van der Waals surface area contributed by atoms with Crippen LogP contribution in [0.1, 0.15) is 57.3 Å². The minimum absolute atomic E-state index is 0.00449. The molecule has 0 unspecified atom stereocenters. The van der Waals surface area contributed by atoms with E-state index in [-0.39, 0.29) is 11.2 Å². The highest BCUT2D eigenvalue weighted by Crippen LogP contribution is 2.29. The van der Waals surface area contributed by atoms with Crippen LogP contribution in [0.15, 0.2) is 0 Å². The van der Waals surface area contributed by atoms with Gasteiger partial charge in [-0.05, 0) is 25.7 Å². The molecular formula is C16H27N3O2S. The molecule has 2 N–H and O–H groups in total. The fourth-order valence-corrected chi connectivity index (χ4v) is 3.41. The zero-order chi connectivity index (χ0) is 15.9. The third-order valence-electron chi connectivity index (χ3n) is 4.23. The number of rotatable bonds is 8. The van der Waals surface area contributed by atoms with Gasteiger partial charge in [0.2, 0.25) is 5.91 Å². The van der Waals surface area contributed by atoms with Gasteiger partial charge in [0.15, 0.2) is 0 Å². The summed E-state index contributed by atoms with van der Waals surface area (Å²) >= 11 is 4.47. The van der Waals surface area contributed by atoms with Crippen LogP contribution in [0.5, 0.6) is 6.01 Å². The van der Waals surface area contributed by atoms with E-state index in [1.54, 1.807) is 0 Å². The fourth-order valence-electron chi connectivity index (χ4n) is 3.03. The van der Waals surface area contributed by atoms with Crippen LogP contribution < -0.4 is 10.1 Å². The van der Waals surface area contributed by atoms with Crippen molar-refractivity contribution in [1.29, 1.82) is 0 Å². The van der Waals surface area contributed by atoms with E-state index in [1.807, 2.05) is 13.8 Å². The smallest absolute Gasteiger partial charge is 0.294 e. The Kier molecular flexibility index (Phi) is 6.61. The largest absolute Gasteiger partial charge is 0.465 e. The van der Waals surface area contributed by atoms with Crippen molar-refractivity contribution in [1.82, 2.24) is 15.3 Å². The molecule has 1 aromatic heterocycles. The first-order valence-corrected chi connectivity index (χ1v) is 8.82. The van der Waals surface area contributed by atoms with E-state index < -0.39 is 0 Å². The van der Waals surface area contributed by atoms with Crippen molar-refractivity contribution in [3.63, 3.8) is 0 Å². The maximum atomic E-state index is 12.2. The van der Waals surface area contributed by atoms with E-state index in [0.29, 0.717) is 25.1 Å². The normalized spacial score (nSPS) is 16.7. The van der Waals surface area contributed by atoms with Crippen LogP contribution in [0.25, 0.3) is 0 Å². The Morgan fingerprint density at radius 1 is 1.45 bits per heavy atom. The summed E-state index contributed by atoms with van der Waals surface area (Å²) in [6, 6.07) is 0.525. The van der Waals surface area contributed by atoms with Crippen molar-refractivity contribution in [2.24, 2.45) is 5.92 Å². The number of aromatic amines is 1. The van der Waals surface area contributed by atoms with Gasteiger partial charge in [-0.15, -0.1) is 0 Å². The average Bonchev–Trinajstić information content (AvgIpc) is 3.14. The SMILES string of the molecule is CCOc1nc(CC)c(CNC(=O)[C@@H](S)CC2CCCC2)[nH]1. The van der Waals surface area contributed by atoms with Crippen LogP contribution in [0.3, 0.4) is 0 Å². The molecule has 0 bridgehead atoms. The molecule has 1 atom stereocenters. The molecule has 1 fully saturated rings. The molecule has 1 aliphatic carbocycles. The molecular weight excluding hydrogens is 298 g/mol. The molecule has 1 saturated carbocycles. The summed E-state index contributed by atoms with van der Waals surface area (Å²) in [5.74, 6) is 0.668. The van der Waals surface area contributed by atoms with Crippen LogP contribution in [-0.4, -0.2) is 27.7 Å². The minimum atomic E-state index is -0.220. The van der Waals surface area contributed by atoms with Gasteiger partial charge in [0.25, 0.3) is 6.01 Å². The Labute approximate surface area is 138 Å². The number of aromatic nitrogens is 2. The van der Waals surface area contributed by atoms with Crippen LogP contribution in [0.4, 0.5) is 0 Å². The molecule has 1 heterocycles. The van der Waals surface area contributed by atoms with Crippen molar-refractivity contribution < 1.29 is 9.53 Å². The number of hydrogen-bond donors (Lipinski definition) is 3. The Morgan fingerprint density at radius 2 is 2.18 bits per heavy atom. The van der Waals surface area contributed by atoms with E-state index in [4.69, 9.17) is 4.74 Å². The molecule has 0 spiro atoms. The quantitative estimate of drug-likeness (QED) is 0.644. The number of amides is 1. The molecule has 1 aliphatic rings. The number of ether oxygens (including phenoxy) is 1. The zero-order valence-electron chi connectivity index (χ0n) is 13.5. The Bertz CT molecular complexity index is 484. The summed E-state index contributed by atoms with van der Waals surface area (Å²) in [4.78, 5) is 19.7. The van der Waals surface area contributed by atoms with E-state index in [9.17, 15) is 4.79 Å². The molecule has 1 amide bonds. The number of aryl methyl sites for hydroxylation is 1. The van der Waals surface area contributed by atoms with Crippen molar-refractivity contribution in [2.45, 2.75) is 64.2 Å². The number of nitrogens with one attached hydrogen (secondary N) is 2. The molecule has 124 valence electrons. The summed E-state index contributed by atoms with van der Waals surface area (Å²) in [6.07, 6.45) is 6.75. The zero-order valence-corrected chi connectivity index (χ0v) is 14.4. The average molecular weight is 325 g/mol. The second-order valence-electron chi connectivity index (χ2n) is 5.87. The van der Waals surface area contributed by atoms with Gasteiger partial charge in [0.1, 0.15) is 0 Å². The van der Waals surface area contributed by atoms with E-state index in [1.165, 1.54) is 25.7 Å². The van der Waals surface area contributed by atoms with E-state index in [0.717, 1.165) is 24.2 Å². The number of carbonyl (C=O) groups excluding carboxylic acids is 1. The van der Waals surface area contributed by atoms with Crippen molar-refractivity contribution in [3.05, 3.63) is 11.4 Å². The number of thiol groups is 1. The van der Waals surface area contributed by atoms with Gasteiger partial charge in [-0.2, -0.15) is 12.6 Å². The molecule has 0 aromatic carbocycles. The number of nitrogens with zero attached hydrogens (tertiary/aromatic N) is 1. The summed E-state index contributed by atoms with van der Waals surface area (Å²) < 4.78 is 5.38. The predicted octanol–water partition coefficient (Wildman–Crippen LogP) is 2.87. The van der Waals surface area contributed by atoms with Gasteiger partial charge in [-0.3, -0.25) is 4.79 Å². The maximum absolute atomic E-state index is 12.2. The standard InChI is InChI=1S/C16H27N3O2S/c1-3-12-13(19-16(18-12)21-4-2)10-17-15(20)14(22)9-11-7-5-6-8-11/h11,14,22H,3-10H2,1-2H3,(H,17,20)(H,18,19)/t14-/m0/s1. The molecule has 0 aliphatic heterocycles. The molecule has 6 heteroatoms. The van der Waals surface area contributed by atoms with Crippen LogP contribution in [0, 0.1) is 5.92 Å².